The molecule has 1 aliphatic rings. The van der Waals surface area contributed by atoms with Crippen LogP contribution in [0.1, 0.15) is 31.4 Å². The lowest BCUT2D eigenvalue weighted by Crippen LogP contribution is -2.38. The molecule has 19 heavy (non-hydrogen) atoms. The molecule has 0 radical (unpaired) electrons. The molecule has 1 aliphatic carbocycles. The zero-order valence-electron chi connectivity index (χ0n) is 11.9. The van der Waals surface area contributed by atoms with Gasteiger partial charge in [0.2, 0.25) is 0 Å². The van der Waals surface area contributed by atoms with Crippen LogP contribution in [0, 0.1) is 5.92 Å². The van der Waals surface area contributed by atoms with E-state index in [1.807, 2.05) is 7.05 Å². The number of halogens is 1. The lowest BCUT2D eigenvalue weighted by Gasteiger charge is -2.13. The van der Waals surface area contributed by atoms with E-state index in [0.717, 1.165) is 24.8 Å². The molecule has 1 fully saturated rings. The maximum atomic E-state index is 4.27. The lowest BCUT2D eigenvalue weighted by atomic mass is 10.1. The van der Waals surface area contributed by atoms with Crippen molar-refractivity contribution in [1.82, 2.24) is 10.6 Å². The Bertz CT molecular complexity index is 431. The number of guanidine groups is 1. The molecule has 0 heterocycles. The minimum Gasteiger partial charge on any atom is -0.353 e. The first kappa shape index (κ1) is 16.3. The summed E-state index contributed by atoms with van der Waals surface area (Å²) in [6.07, 6.45) is 2.33. The van der Waals surface area contributed by atoms with E-state index in [0.29, 0.717) is 6.04 Å². The third kappa shape index (κ3) is 4.67. The second kappa shape index (κ2) is 7.72. The predicted octanol–water partition coefficient (Wildman–Crippen LogP) is 2.94. The first-order valence-corrected chi connectivity index (χ1v) is 6.78. The van der Waals surface area contributed by atoms with E-state index in [1.165, 1.54) is 17.5 Å². The first-order chi connectivity index (χ1) is 8.74. The fraction of sp³-hybridized carbons (Fsp3) is 0.533. The van der Waals surface area contributed by atoms with E-state index in [-0.39, 0.29) is 24.0 Å². The van der Waals surface area contributed by atoms with Crippen molar-refractivity contribution in [1.29, 1.82) is 0 Å². The number of benzene rings is 1. The van der Waals surface area contributed by atoms with Crippen LogP contribution in [0.4, 0.5) is 0 Å². The summed E-state index contributed by atoms with van der Waals surface area (Å²) in [5.74, 6) is 1.70. The number of nitrogens with zero attached hydrogens (tertiary/aromatic N) is 1. The van der Waals surface area contributed by atoms with Gasteiger partial charge in [-0.05, 0) is 29.9 Å². The normalized spacial score (nSPS) is 21.5. The zero-order chi connectivity index (χ0) is 13.0. The third-order valence-corrected chi connectivity index (χ3v) is 3.60. The van der Waals surface area contributed by atoms with E-state index >= 15 is 0 Å². The Kier molecular flexibility index (Phi) is 6.62. The van der Waals surface area contributed by atoms with Gasteiger partial charge in [0.15, 0.2) is 5.96 Å². The molecule has 0 aromatic heterocycles. The van der Waals surface area contributed by atoms with Crippen molar-refractivity contribution in [2.45, 2.75) is 39.3 Å². The quantitative estimate of drug-likeness (QED) is 0.484. The summed E-state index contributed by atoms with van der Waals surface area (Å²) in [6, 6.07) is 9.17. The van der Waals surface area contributed by atoms with Crippen molar-refractivity contribution in [3.05, 3.63) is 35.4 Å². The second-order valence-electron chi connectivity index (χ2n) is 5.01. The number of aliphatic imine (C=N–C) groups is 1. The monoisotopic (exact) mass is 373 g/mol. The van der Waals surface area contributed by atoms with Crippen LogP contribution >= 0.6 is 24.0 Å². The Labute approximate surface area is 133 Å². The Morgan fingerprint density at radius 1 is 1.32 bits per heavy atom. The van der Waals surface area contributed by atoms with E-state index in [1.54, 1.807) is 0 Å². The molecule has 106 valence electrons. The maximum Gasteiger partial charge on any atom is 0.191 e. The average Bonchev–Trinajstić information content (AvgIpc) is 3.10. The fourth-order valence-corrected chi connectivity index (χ4v) is 2.15. The van der Waals surface area contributed by atoms with Crippen molar-refractivity contribution in [2.24, 2.45) is 10.9 Å². The SMILES string of the molecule is CCc1ccccc1CNC(=NC)NC1CC1C.I. The molecule has 0 aliphatic heterocycles. The van der Waals surface area contributed by atoms with Gasteiger partial charge in [0, 0.05) is 19.6 Å². The van der Waals surface area contributed by atoms with Gasteiger partial charge in [-0.2, -0.15) is 0 Å². The molecular formula is C15H24IN3. The molecule has 2 rings (SSSR count). The average molecular weight is 373 g/mol. The molecule has 1 saturated carbocycles. The van der Waals surface area contributed by atoms with Crippen LogP contribution in [0.5, 0.6) is 0 Å². The largest absolute Gasteiger partial charge is 0.353 e. The van der Waals surface area contributed by atoms with Crippen LogP contribution < -0.4 is 10.6 Å². The van der Waals surface area contributed by atoms with Crippen LogP contribution in [0.15, 0.2) is 29.3 Å². The van der Waals surface area contributed by atoms with Crippen molar-refractivity contribution in [2.75, 3.05) is 7.05 Å². The number of aryl methyl sites for hydroxylation is 1. The van der Waals surface area contributed by atoms with E-state index in [4.69, 9.17) is 0 Å². The standard InChI is InChI=1S/C15H23N3.HI/c1-4-12-7-5-6-8-13(12)10-17-15(16-3)18-14-9-11(14)2;/h5-8,11,14H,4,9-10H2,1-3H3,(H2,16,17,18);1H. The molecule has 1 aromatic carbocycles. The van der Waals surface area contributed by atoms with Crippen LogP contribution in [0.25, 0.3) is 0 Å². The van der Waals surface area contributed by atoms with E-state index in [2.05, 4.69) is 53.7 Å². The van der Waals surface area contributed by atoms with Gasteiger partial charge in [-0.25, -0.2) is 0 Å². The molecule has 0 bridgehead atoms. The summed E-state index contributed by atoms with van der Waals surface area (Å²) in [6.45, 7) is 5.29. The van der Waals surface area contributed by atoms with Gasteiger partial charge in [-0.3, -0.25) is 4.99 Å². The maximum absolute atomic E-state index is 4.27. The number of hydrogen-bond acceptors (Lipinski definition) is 1. The van der Waals surface area contributed by atoms with Crippen LogP contribution in [0.3, 0.4) is 0 Å². The van der Waals surface area contributed by atoms with Gasteiger partial charge >= 0.3 is 0 Å². The molecule has 0 spiro atoms. The molecular weight excluding hydrogens is 349 g/mol. The summed E-state index contributed by atoms with van der Waals surface area (Å²) in [5, 5.41) is 6.83. The summed E-state index contributed by atoms with van der Waals surface area (Å²) in [5.41, 5.74) is 2.76. The fourth-order valence-electron chi connectivity index (χ4n) is 2.15. The smallest absolute Gasteiger partial charge is 0.191 e. The minimum atomic E-state index is 0. The Balaban J connectivity index is 0.00000180. The summed E-state index contributed by atoms with van der Waals surface area (Å²) >= 11 is 0. The molecule has 2 unspecified atom stereocenters. The van der Waals surface area contributed by atoms with Gasteiger partial charge in [-0.15, -0.1) is 24.0 Å². The minimum absolute atomic E-state index is 0. The van der Waals surface area contributed by atoms with Crippen LogP contribution in [0.2, 0.25) is 0 Å². The topological polar surface area (TPSA) is 36.4 Å². The van der Waals surface area contributed by atoms with Gasteiger partial charge in [0.1, 0.15) is 0 Å². The molecule has 1 aromatic rings. The molecule has 0 saturated heterocycles. The van der Waals surface area contributed by atoms with Crippen LogP contribution in [-0.2, 0) is 13.0 Å². The van der Waals surface area contributed by atoms with E-state index < -0.39 is 0 Å². The van der Waals surface area contributed by atoms with Crippen molar-refractivity contribution in [3.8, 4) is 0 Å². The highest BCUT2D eigenvalue weighted by molar-refractivity contribution is 14.0. The van der Waals surface area contributed by atoms with E-state index in [9.17, 15) is 0 Å². The number of nitrogens with one attached hydrogen (secondary N) is 2. The van der Waals surface area contributed by atoms with Crippen molar-refractivity contribution in [3.63, 3.8) is 0 Å². The summed E-state index contributed by atoms with van der Waals surface area (Å²) in [4.78, 5) is 4.27. The third-order valence-electron chi connectivity index (χ3n) is 3.60. The molecule has 2 N–H and O–H groups in total. The highest BCUT2D eigenvalue weighted by atomic mass is 127. The second-order valence-corrected chi connectivity index (χ2v) is 5.01. The molecule has 0 amide bonds. The molecule has 3 nitrogen and oxygen atoms in total. The Morgan fingerprint density at radius 3 is 2.47 bits per heavy atom. The summed E-state index contributed by atoms with van der Waals surface area (Å²) < 4.78 is 0. The van der Waals surface area contributed by atoms with Gasteiger partial charge in [0.25, 0.3) is 0 Å². The Hall–Kier alpha value is -0.780. The molecule has 2 atom stereocenters. The van der Waals surface area contributed by atoms with Gasteiger partial charge < -0.3 is 10.6 Å². The number of hydrogen-bond donors (Lipinski definition) is 2. The molecule has 4 heteroatoms. The number of rotatable bonds is 4. The highest BCUT2D eigenvalue weighted by Crippen LogP contribution is 2.28. The van der Waals surface area contributed by atoms with Gasteiger partial charge in [0.05, 0.1) is 0 Å². The van der Waals surface area contributed by atoms with Crippen molar-refractivity contribution < 1.29 is 0 Å². The highest BCUT2D eigenvalue weighted by Gasteiger charge is 2.33. The summed E-state index contributed by atoms with van der Waals surface area (Å²) in [7, 11) is 1.83. The Morgan fingerprint density at radius 2 is 1.95 bits per heavy atom. The zero-order valence-corrected chi connectivity index (χ0v) is 14.3. The van der Waals surface area contributed by atoms with Crippen molar-refractivity contribution >= 4 is 29.9 Å². The predicted molar refractivity (Wildman–Crippen MR) is 92.1 cm³/mol. The van der Waals surface area contributed by atoms with Gasteiger partial charge in [-0.1, -0.05) is 38.1 Å². The van der Waals surface area contributed by atoms with Crippen LogP contribution in [-0.4, -0.2) is 19.0 Å². The first-order valence-electron chi connectivity index (χ1n) is 6.78. The lowest BCUT2D eigenvalue weighted by molar-refractivity contribution is 0.761.